The van der Waals surface area contributed by atoms with Gasteiger partial charge in [-0.1, -0.05) is 36.8 Å². The standard InChI is InChI=1S/C18H24N4.2ClH/c1-15-14-17(16-8-4-2-5-9-16)20-21-18(15)19-10-13-22-11-6-3-7-12-22;;/h2,4-5,8-9,14H,3,6-7,10-13H2,1H3,(H,19,21);2*1H. The number of aromatic nitrogens is 2. The van der Waals surface area contributed by atoms with Crippen LogP contribution in [0.1, 0.15) is 24.8 Å². The molecule has 0 amide bonds. The summed E-state index contributed by atoms with van der Waals surface area (Å²) in [5.41, 5.74) is 3.19. The molecule has 0 unspecified atom stereocenters. The van der Waals surface area contributed by atoms with Crippen LogP contribution in [0.15, 0.2) is 36.4 Å². The Balaban J connectivity index is 0.00000144. The number of aryl methyl sites for hydroxylation is 1. The van der Waals surface area contributed by atoms with Gasteiger partial charge in [-0.25, -0.2) is 0 Å². The second-order valence-electron chi connectivity index (χ2n) is 5.96. The quantitative estimate of drug-likeness (QED) is 0.858. The first-order valence-electron chi connectivity index (χ1n) is 8.19. The molecule has 24 heavy (non-hydrogen) atoms. The zero-order valence-electron chi connectivity index (χ0n) is 14.1. The summed E-state index contributed by atoms with van der Waals surface area (Å²) < 4.78 is 0. The topological polar surface area (TPSA) is 41.1 Å². The molecule has 3 rings (SSSR count). The molecule has 0 spiro atoms. The summed E-state index contributed by atoms with van der Waals surface area (Å²) in [4.78, 5) is 2.53. The Morgan fingerprint density at radius 2 is 1.71 bits per heavy atom. The highest BCUT2D eigenvalue weighted by Crippen LogP contribution is 2.19. The largest absolute Gasteiger partial charge is 0.367 e. The van der Waals surface area contributed by atoms with E-state index in [9.17, 15) is 0 Å². The molecule has 2 aromatic rings. The van der Waals surface area contributed by atoms with Gasteiger partial charge in [0, 0.05) is 18.7 Å². The van der Waals surface area contributed by atoms with Gasteiger partial charge in [0.15, 0.2) is 5.82 Å². The Morgan fingerprint density at radius 1 is 1.00 bits per heavy atom. The zero-order valence-corrected chi connectivity index (χ0v) is 15.7. The molecular formula is C18H26Cl2N4. The van der Waals surface area contributed by atoms with Crippen LogP contribution in [-0.2, 0) is 0 Å². The number of hydrogen-bond donors (Lipinski definition) is 1. The van der Waals surface area contributed by atoms with Gasteiger partial charge in [0.25, 0.3) is 0 Å². The summed E-state index contributed by atoms with van der Waals surface area (Å²) >= 11 is 0. The van der Waals surface area contributed by atoms with E-state index in [-0.39, 0.29) is 24.8 Å². The van der Waals surface area contributed by atoms with Crippen molar-refractivity contribution in [2.75, 3.05) is 31.5 Å². The lowest BCUT2D eigenvalue weighted by molar-refractivity contribution is 0.237. The smallest absolute Gasteiger partial charge is 0.151 e. The van der Waals surface area contributed by atoms with Crippen LogP contribution in [0.5, 0.6) is 0 Å². The van der Waals surface area contributed by atoms with Crippen LogP contribution in [0, 0.1) is 6.92 Å². The van der Waals surface area contributed by atoms with Gasteiger partial charge in [-0.2, -0.15) is 0 Å². The van der Waals surface area contributed by atoms with Crippen molar-refractivity contribution in [1.29, 1.82) is 0 Å². The van der Waals surface area contributed by atoms with E-state index in [1.165, 1.54) is 32.4 Å². The Labute approximate surface area is 156 Å². The van der Waals surface area contributed by atoms with E-state index in [1.807, 2.05) is 18.2 Å². The van der Waals surface area contributed by atoms with E-state index in [0.29, 0.717) is 0 Å². The van der Waals surface area contributed by atoms with Crippen molar-refractivity contribution < 1.29 is 0 Å². The monoisotopic (exact) mass is 368 g/mol. The summed E-state index contributed by atoms with van der Waals surface area (Å²) in [5, 5.41) is 12.1. The summed E-state index contributed by atoms with van der Waals surface area (Å²) in [6, 6.07) is 12.3. The lowest BCUT2D eigenvalue weighted by atomic mass is 10.1. The summed E-state index contributed by atoms with van der Waals surface area (Å²) in [5.74, 6) is 0.900. The third-order valence-corrected chi connectivity index (χ3v) is 4.22. The summed E-state index contributed by atoms with van der Waals surface area (Å²) in [7, 11) is 0. The van der Waals surface area contributed by atoms with Crippen molar-refractivity contribution >= 4 is 30.6 Å². The van der Waals surface area contributed by atoms with Gasteiger partial charge in [0.2, 0.25) is 0 Å². The molecule has 0 aliphatic carbocycles. The molecule has 1 saturated heterocycles. The SMILES string of the molecule is Cc1cc(-c2ccccc2)nnc1NCCN1CCCCC1.Cl.Cl. The molecule has 1 aliphatic heterocycles. The normalized spacial score (nSPS) is 14.4. The zero-order chi connectivity index (χ0) is 15.2. The average Bonchev–Trinajstić information content (AvgIpc) is 2.58. The highest BCUT2D eigenvalue weighted by atomic mass is 35.5. The van der Waals surface area contributed by atoms with Gasteiger partial charge in [0.05, 0.1) is 5.69 Å². The van der Waals surface area contributed by atoms with Crippen LogP contribution >= 0.6 is 24.8 Å². The van der Waals surface area contributed by atoms with Gasteiger partial charge in [0.1, 0.15) is 0 Å². The first-order valence-corrected chi connectivity index (χ1v) is 8.19. The third kappa shape index (κ3) is 5.62. The average molecular weight is 369 g/mol. The van der Waals surface area contributed by atoms with Gasteiger partial charge >= 0.3 is 0 Å². The van der Waals surface area contributed by atoms with Crippen molar-refractivity contribution in [2.24, 2.45) is 0 Å². The number of likely N-dealkylation sites (tertiary alicyclic amines) is 1. The van der Waals surface area contributed by atoms with E-state index < -0.39 is 0 Å². The maximum absolute atomic E-state index is 4.36. The van der Waals surface area contributed by atoms with Gasteiger partial charge in [-0.3, -0.25) is 0 Å². The molecule has 6 heteroatoms. The second kappa shape index (κ2) is 10.5. The molecule has 1 aliphatic rings. The molecule has 1 aromatic heterocycles. The summed E-state index contributed by atoms with van der Waals surface area (Å²) in [6.07, 6.45) is 4.06. The van der Waals surface area contributed by atoms with E-state index in [1.54, 1.807) is 0 Å². The Morgan fingerprint density at radius 3 is 2.38 bits per heavy atom. The first-order chi connectivity index (χ1) is 10.8. The molecule has 0 atom stereocenters. The second-order valence-corrected chi connectivity index (χ2v) is 5.96. The lowest BCUT2D eigenvalue weighted by Gasteiger charge is -2.26. The fraction of sp³-hybridized carbons (Fsp3) is 0.444. The molecule has 132 valence electrons. The van der Waals surface area contributed by atoms with Crippen LogP contribution in [-0.4, -0.2) is 41.3 Å². The number of benzene rings is 1. The molecule has 2 heterocycles. The number of nitrogens with one attached hydrogen (secondary N) is 1. The highest BCUT2D eigenvalue weighted by molar-refractivity contribution is 5.85. The van der Waals surface area contributed by atoms with Gasteiger partial charge < -0.3 is 10.2 Å². The van der Waals surface area contributed by atoms with Crippen molar-refractivity contribution in [3.63, 3.8) is 0 Å². The Hall–Kier alpha value is -1.36. The minimum Gasteiger partial charge on any atom is -0.367 e. The lowest BCUT2D eigenvalue weighted by Crippen LogP contribution is -2.33. The number of nitrogens with zero attached hydrogens (tertiary/aromatic N) is 3. The van der Waals surface area contributed by atoms with E-state index in [4.69, 9.17) is 0 Å². The van der Waals surface area contributed by atoms with E-state index in [2.05, 4.69) is 45.5 Å². The van der Waals surface area contributed by atoms with Gasteiger partial charge in [-0.15, -0.1) is 35.0 Å². The fourth-order valence-electron chi connectivity index (χ4n) is 2.93. The number of anilines is 1. The number of piperidine rings is 1. The van der Waals surface area contributed by atoms with Gasteiger partial charge in [-0.05, 0) is 44.5 Å². The number of hydrogen-bond acceptors (Lipinski definition) is 4. The molecule has 0 bridgehead atoms. The van der Waals surface area contributed by atoms with E-state index in [0.717, 1.165) is 35.7 Å². The maximum atomic E-state index is 4.36. The first kappa shape index (κ1) is 20.7. The molecule has 1 aromatic carbocycles. The number of halogens is 2. The van der Waals surface area contributed by atoms with Crippen LogP contribution in [0.25, 0.3) is 11.3 Å². The van der Waals surface area contributed by atoms with Crippen molar-refractivity contribution in [1.82, 2.24) is 15.1 Å². The third-order valence-electron chi connectivity index (χ3n) is 4.22. The Bertz CT molecular complexity index is 601. The van der Waals surface area contributed by atoms with Crippen LogP contribution in [0.2, 0.25) is 0 Å². The maximum Gasteiger partial charge on any atom is 0.151 e. The summed E-state index contributed by atoms with van der Waals surface area (Å²) in [6.45, 7) is 6.57. The highest BCUT2D eigenvalue weighted by Gasteiger charge is 2.10. The van der Waals surface area contributed by atoms with Crippen LogP contribution < -0.4 is 5.32 Å². The fourth-order valence-corrected chi connectivity index (χ4v) is 2.93. The Kier molecular flexibility index (Phi) is 9.04. The van der Waals surface area contributed by atoms with Crippen molar-refractivity contribution in [2.45, 2.75) is 26.2 Å². The number of rotatable bonds is 5. The molecular weight excluding hydrogens is 343 g/mol. The molecule has 0 radical (unpaired) electrons. The van der Waals surface area contributed by atoms with Crippen LogP contribution in [0.3, 0.4) is 0 Å². The van der Waals surface area contributed by atoms with Crippen LogP contribution in [0.4, 0.5) is 5.82 Å². The molecule has 0 saturated carbocycles. The molecule has 1 fully saturated rings. The minimum atomic E-state index is 0. The van der Waals surface area contributed by atoms with E-state index >= 15 is 0 Å². The minimum absolute atomic E-state index is 0. The molecule has 1 N–H and O–H groups in total. The van der Waals surface area contributed by atoms with Crippen molar-refractivity contribution in [3.05, 3.63) is 42.0 Å². The van der Waals surface area contributed by atoms with Crippen molar-refractivity contribution in [3.8, 4) is 11.3 Å². The predicted molar refractivity (Wildman–Crippen MR) is 105 cm³/mol. The molecule has 4 nitrogen and oxygen atoms in total. The predicted octanol–water partition coefficient (Wildman–Crippen LogP) is 4.19.